The molecule has 0 saturated carbocycles. The van der Waals surface area contributed by atoms with Crippen molar-refractivity contribution in [3.05, 3.63) is 0 Å². The van der Waals surface area contributed by atoms with E-state index in [0.717, 1.165) is 24.5 Å². The van der Waals surface area contributed by atoms with Gasteiger partial charge in [0.1, 0.15) is 0 Å². The molecule has 12 heavy (non-hydrogen) atoms. The van der Waals surface area contributed by atoms with Crippen molar-refractivity contribution >= 4 is 17.2 Å². The van der Waals surface area contributed by atoms with E-state index in [1.54, 1.807) is 0 Å². The smallest absolute Gasteiger partial charge is 0.0751 e. The van der Waals surface area contributed by atoms with Crippen molar-refractivity contribution in [1.82, 2.24) is 10.2 Å². The van der Waals surface area contributed by atoms with Gasteiger partial charge in [0.15, 0.2) is 0 Å². The minimum absolute atomic E-state index is 0.968. The first-order chi connectivity index (χ1) is 5.83. The van der Waals surface area contributed by atoms with E-state index in [9.17, 15) is 0 Å². The number of nitrogens with one attached hydrogen (secondary N) is 1. The molecular formula is C9H18N2S. The van der Waals surface area contributed by atoms with E-state index in [1.807, 2.05) is 0 Å². The van der Waals surface area contributed by atoms with Crippen LogP contribution in [-0.2, 0) is 0 Å². The molecule has 1 heterocycles. The van der Waals surface area contributed by atoms with Crippen LogP contribution in [0.4, 0.5) is 0 Å². The van der Waals surface area contributed by atoms with Crippen molar-refractivity contribution in [1.29, 1.82) is 0 Å². The summed E-state index contributed by atoms with van der Waals surface area (Å²) in [5.74, 6) is 0. The lowest BCUT2D eigenvalue weighted by Gasteiger charge is -2.15. The van der Waals surface area contributed by atoms with Gasteiger partial charge in [0.2, 0.25) is 0 Å². The van der Waals surface area contributed by atoms with Crippen LogP contribution in [0.15, 0.2) is 0 Å². The summed E-state index contributed by atoms with van der Waals surface area (Å²) in [5, 5.41) is 3.25. The number of likely N-dealkylation sites (tertiary alicyclic amines) is 1. The molecule has 0 bridgehead atoms. The Labute approximate surface area is 80.3 Å². The fourth-order valence-electron chi connectivity index (χ4n) is 1.48. The van der Waals surface area contributed by atoms with Gasteiger partial charge in [-0.2, -0.15) is 0 Å². The average Bonchev–Trinajstić information content (AvgIpc) is 2.57. The van der Waals surface area contributed by atoms with Gasteiger partial charge in [0.05, 0.1) is 4.99 Å². The van der Waals surface area contributed by atoms with Crippen LogP contribution in [0.3, 0.4) is 0 Å². The van der Waals surface area contributed by atoms with Crippen LogP contribution in [0.1, 0.15) is 26.2 Å². The average molecular weight is 186 g/mol. The lowest BCUT2D eigenvalue weighted by Crippen LogP contribution is -2.32. The predicted octanol–water partition coefficient (Wildman–Crippen LogP) is 1.41. The van der Waals surface area contributed by atoms with Gasteiger partial charge in [-0.05, 0) is 32.4 Å². The molecule has 70 valence electrons. The standard InChI is InChI=1S/C9H18N2S/c1-2-9(12)10-5-8-11-6-3-4-7-11/h2-8H2,1H3,(H,10,12). The summed E-state index contributed by atoms with van der Waals surface area (Å²) in [6, 6.07) is 0. The number of hydrogen-bond donors (Lipinski definition) is 1. The van der Waals surface area contributed by atoms with Crippen LogP contribution >= 0.6 is 12.2 Å². The molecule has 1 rings (SSSR count). The second-order valence-corrected chi connectivity index (χ2v) is 3.75. The molecule has 0 aromatic rings. The first-order valence-corrected chi connectivity index (χ1v) is 5.23. The lowest BCUT2D eigenvalue weighted by molar-refractivity contribution is 0.344. The second-order valence-electron chi connectivity index (χ2n) is 3.25. The molecule has 0 amide bonds. The third kappa shape index (κ3) is 3.50. The zero-order valence-electron chi connectivity index (χ0n) is 7.81. The van der Waals surface area contributed by atoms with E-state index in [2.05, 4.69) is 17.1 Å². The topological polar surface area (TPSA) is 15.3 Å². The first-order valence-electron chi connectivity index (χ1n) is 4.82. The van der Waals surface area contributed by atoms with Crippen LogP contribution in [0.2, 0.25) is 0 Å². The molecule has 0 aliphatic carbocycles. The molecule has 0 aromatic heterocycles. The van der Waals surface area contributed by atoms with Gasteiger partial charge < -0.3 is 10.2 Å². The van der Waals surface area contributed by atoms with Crippen molar-refractivity contribution in [3.8, 4) is 0 Å². The molecule has 1 fully saturated rings. The highest BCUT2D eigenvalue weighted by atomic mass is 32.1. The Morgan fingerprint density at radius 2 is 2.08 bits per heavy atom. The van der Waals surface area contributed by atoms with Crippen molar-refractivity contribution in [2.24, 2.45) is 0 Å². The second kappa shape index (κ2) is 5.49. The Bertz CT molecular complexity index is 141. The summed E-state index contributed by atoms with van der Waals surface area (Å²) >= 11 is 5.07. The molecule has 1 aliphatic heterocycles. The third-order valence-corrected chi connectivity index (χ3v) is 2.70. The molecule has 2 nitrogen and oxygen atoms in total. The van der Waals surface area contributed by atoms with Gasteiger partial charge >= 0.3 is 0 Å². The SMILES string of the molecule is CCC(=S)NCCN1CCCC1. The molecule has 0 spiro atoms. The van der Waals surface area contributed by atoms with E-state index in [-0.39, 0.29) is 0 Å². The van der Waals surface area contributed by atoms with E-state index >= 15 is 0 Å². The highest BCUT2D eigenvalue weighted by molar-refractivity contribution is 7.80. The Hall–Kier alpha value is -0.150. The third-order valence-electron chi connectivity index (χ3n) is 2.27. The molecule has 0 atom stereocenters. The fourth-order valence-corrected chi connectivity index (χ4v) is 1.59. The quantitative estimate of drug-likeness (QED) is 0.668. The summed E-state index contributed by atoms with van der Waals surface area (Å²) in [4.78, 5) is 3.49. The number of thiocarbonyl (C=S) groups is 1. The van der Waals surface area contributed by atoms with Crippen molar-refractivity contribution in [2.75, 3.05) is 26.2 Å². The molecule has 1 aliphatic rings. The van der Waals surface area contributed by atoms with Crippen LogP contribution in [0.25, 0.3) is 0 Å². The summed E-state index contributed by atoms with van der Waals surface area (Å²) < 4.78 is 0. The Morgan fingerprint density at radius 3 is 2.67 bits per heavy atom. The highest BCUT2D eigenvalue weighted by Gasteiger charge is 2.09. The molecule has 1 N–H and O–H groups in total. The molecule has 0 radical (unpaired) electrons. The number of rotatable bonds is 4. The zero-order valence-corrected chi connectivity index (χ0v) is 8.62. The zero-order chi connectivity index (χ0) is 8.81. The van der Waals surface area contributed by atoms with Crippen LogP contribution < -0.4 is 5.32 Å². The molecule has 1 saturated heterocycles. The Balaban J connectivity index is 1.97. The Kier molecular flexibility index (Phi) is 4.54. The normalized spacial score (nSPS) is 18.1. The molecule has 0 unspecified atom stereocenters. The predicted molar refractivity (Wildman–Crippen MR) is 56.6 cm³/mol. The molecular weight excluding hydrogens is 168 g/mol. The highest BCUT2D eigenvalue weighted by Crippen LogP contribution is 2.05. The minimum atomic E-state index is 0.968. The van der Waals surface area contributed by atoms with Gasteiger partial charge in [-0.1, -0.05) is 19.1 Å². The summed E-state index contributed by atoms with van der Waals surface area (Å²) in [7, 11) is 0. The number of hydrogen-bond acceptors (Lipinski definition) is 2. The van der Waals surface area contributed by atoms with Crippen molar-refractivity contribution in [2.45, 2.75) is 26.2 Å². The van der Waals surface area contributed by atoms with E-state index in [1.165, 1.54) is 25.9 Å². The van der Waals surface area contributed by atoms with Crippen molar-refractivity contribution < 1.29 is 0 Å². The van der Waals surface area contributed by atoms with Gasteiger partial charge in [-0.15, -0.1) is 0 Å². The van der Waals surface area contributed by atoms with Crippen molar-refractivity contribution in [3.63, 3.8) is 0 Å². The monoisotopic (exact) mass is 186 g/mol. The van der Waals surface area contributed by atoms with Gasteiger partial charge in [0.25, 0.3) is 0 Å². The Morgan fingerprint density at radius 1 is 1.42 bits per heavy atom. The van der Waals surface area contributed by atoms with Gasteiger partial charge in [-0.3, -0.25) is 0 Å². The largest absolute Gasteiger partial charge is 0.378 e. The maximum Gasteiger partial charge on any atom is 0.0751 e. The van der Waals surface area contributed by atoms with Crippen LogP contribution in [-0.4, -0.2) is 36.1 Å². The summed E-state index contributed by atoms with van der Waals surface area (Å²) in [6.45, 7) is 6.82. The van der Waals surface area contributed by atoms with E-state index < -0.39 is 0 Å². The molecule has 0 aromatic carbocycles. The first kappa shape index (κ1) is 9.93. The van der Waals surface area contributed by atoms with E-state index in [4.69, 9.17) is 12.2 Å². The van der Waals surface area contributed by atoms with Crippen LogP contribution in [0.5, 0.6) is 0 Å². The summed E-state index contributed by atoms with van der Waals surface area (Å²) in [6.07, 6.45) is 3.71. The molecule has 3 heteroatoms. The maximum atomic E-state index is 5.07. The van der Waals surface area contributed by atoms with E-state index in [0.29, 0.717) is 0 Å². The maximum absolute atomic E-state index is 5.07. The van der Waals surface area contributed by atoms with Gasteiger partial charge in [0, 0.05) is 13.1 Å². The van der Waals surface area contributed by atoms with Gasteiger partial charge in [-0.25, -0.2) is 0 Å². The fraction of sp³-hybridized carbons (Fsp3) is 0.889. The van der Waals surface area contributed by atoms with Crippen LogP contribution in [0, 0.1) is 0 Å². The number of nitrogens with zero attached hydrogens (tertiary/aromatic N) is 1. The minimum Gasteiger partial charge on any atom is -0.378 e. The lowest BCUT2D eigenvalue weighted by atomic mass is 10.4. The summed E-state index contributed by atoms with van der Waals surface area (Å²) in [5.41, 5.74) is 0.